The molecule has 2 nitrogen and oxygen atoms in total. The highest BCUT2D eigenvalue weighted by molar-refractivity contribution is 5.66. The van der Waals surface area contributed by atoms with Gasteiger partial charge in [0, 0.05) is 6.42 Å². The Kier molecular flexibility index (Phi) is 22.9. The molecule has 0 aliphatic heterocycles. The maximum atomic E-state index is 10.5. The van der Waals surface area contributed by atoms with Gasteiger partial charge in [0.2, 0.25) is 0 Å². The molecule has 0 radical (unpaired) electrons. The van der Waals surface area contributed by atoms with Gasteiger partial charge >= 0.3 is 5.97 Å². The van der Waals surface area contributed by atoms with Gasteiger partial charge < -0.3 is 5.11 Å². The van der Waals surface area contributed by atoms with E-state index in [4.69, 9.17) is 5.11 Å². The minimum absolute atomic E-state index is 0.339. The average Bonchev–Trinajstić information content (AvgIpc) is 2.75. The number of aliphatic carboxylic acids is 1. The lowest BCUT2D eigenvalue weighted by atomic mass is 10.0. The van der Waals surface area contributed by atoms with Gasteiger partial charge in [-0.15, -0.1) is 0 Å². The van der Waals surface area contributed by atoms with Crippen LogP contribution in [-0.4, -0.2) is 11.1 Å². The van der Waals surface area contributed by atoms with Crippen LogP contribution in [0.1, 0.15) is 156 Å². The number of carboxylic acids is 1. The molecule has 2 heteroatoms. The van der Waals surface area contributed by atoms with Gasteiger partial charge in [0.25, 0.3) is 0 Å². The van der Waals surface area contributed by atoms with Crippen molar-refractivity contribution in [3.8, 4) is 0 Å². The highest BCUT2D eigenvalue weighted by Gasteiger charge is 1.97. The van der Waals surface area contributed by atoms with Gasteiger partial charge in [-0.05, 0) is 72.6 Å². The molecule has 0 saturated carbocycles. The lowest BCUT2D eigenvalue weighted by Gasteiger charge is -2.04. The molecule has 0 bridgehead atoms. The van der Waals surface area contributed by atoms with E-state index >= 15 is 0 Å². The second-order valence-corrected chi connectivity index (χ2v) is 10.3. The van der Waals surface area contributed by atoms with E-state index < -0.39 is 5.97 Å². The fraction of sp³-hybridized carbons (Fsp3) is 0.774. The van der Waals surface area contributed by atoms with Crippen molar-refractivity contribution in [2.24, 2.45) is 0 Å². The van der Waals surface area contributed by atoms with E-state index in [1.54, 1.807) is 5.57 Å². The van der Waals surface area contributed by atoms with Crippen LogP contribution in [-0.2, 0) is 4.79 Å². The highest BCUT2D eigenvalue weighted by Crippen LogP contribution is 2.15. The molecular formula is C31H56O2. The van der Waals surface area contributed by atoms with Crippen molar-refractivity contribution in [3.05, 3.63) is 34.9 Å². The van der Waals surface area contributed by atoms with Crippen LogP contribution in [0.15, 0.2) is 34.9 Å². The third-order valence-corrected chi connectivity index (χ3v) is 6.46. The highest BCUT2D eigenvalue weighted by atomic mass is 16.4. The Morgan fingerprint density at radius 2 is 0.848 bits per heavy atom. The third-order valence-electron chi connectivity index (χ3n) is 6.46. The maximum absolute atomic E-state index is 10.5. The molecular weight excluding hydrogens is 404 g/mol. The van der Waals surface area contributed by atoms with Gasteiger partial charge in [-0.3, -0.25) is 4.79 Å². The zero-order chi connectivity index (χ0) is 24.6. The molecule has 0 atom stereocenters. The number of hydrogen-bond donors (Lipinski definition) is 1. The Morgan fingerprint density at radius 3 is 1.27 bits per heavy atom. The van der Waals surface area contributed by atoms with Crippen molar-refractivity contribution in [3.63, 3.8) is 0 Å². The molecule has 0 fully saturated rings. The summed E-state index contributed by atoms with van der Waals surface area (Å²) in [5, 5.41) is 8.61. The monoisotopic (exact) mass is 460 g/mol. The van der Waals surface area contributed by atoms with Crippen LogP contribution in [0.5, 0.6) is 0 Å². The van der Waals surface area contributed by atoms with Crippen LogP contribution in [0.4, 0.5) is 0 Å². The van der Waals surface area contributed by atoms with E-state index in [0.717, 1.165) is 12.8 Å². The Balaban J connectivity index is 3.40. The first-order valence-electron chi connectivity index (χ1n) is 14.1. The first-order valence-corrected chi connectivity index (χ1v) is 14.1. The normalized spacial score (nSPS) is 12.2. The van der Waals surface area contributed by atoms with Crippen molar-refractivity contribution in [2.75, 3.05) is 0 Å². The van der Waals surface area contributed by atoms with Gasteiger partial charge in [-0.25, -0.2) is 0 Å². The molecule has 33 heavy (non-hydrogen) atoms. The molecule has 192 valence electrons. The van der Waals surface area contributed by atoms with E-state index in [-0.39, 0.29) is 0 Å². The molecule has 0 aliphatic carbocycles. The van der Waals surface area contributed by atoms with Crippen LogP contribution < -0.4 is 0 Å². The summed E-state index contributed by atoms with van der Waals surface area (Å²) >= 11 is 0. The molecule has 0 amide bonds. The smallest absolute Gasteiger partial charge is 0.303 e. The number of carbonyl (C=O) groups is 1. The Bertz CT molecular complexity index is 549. The van der Waals surface area contributed by atoms with Crippen LogP contribution in [0.3, 0.4) is 0 Å². The molecule has 0 spiro atoms. The van der Waals surface area contributed by atoms with Crippen LogP contribution in [0, 0.1) is 0 Å². The second-order valence-electron chi connectivity index (χ2n) is 10.3. The lowest BCUT2D eigenvalue weighted by molar-refractivity contribution is -0.137. The molecule has 0 heterocycles. The molecule has 1 N–H and O–H groups in total. The summed E-state index contributed by atoms with van der Waals surface area (Å²) in [7, 11) is 0. The van der Waals surface area contributed by atoms with Crippen LogP contribution >= 0.6 is 0 Å². The van der Waals surface area contributed by atoms with Crippen LogP contribution in [0.25, 0.3) is 0 Å². The quantitative estimate of drug-likeness (QED) is 0.122. The van der Waals surface area contributed by atoms with E-state index in [9.17, 15) is 4.79 Å². The molecule has 0 saturated heterocycles. The fourth-order valence-electron chi connectivity index (χ4n) is 4.23. The minimum atomic E-state index is -0.655. The van der Waals surface area contributed by atoms with Crippen LogP contribution in [0.2, 0.25) is 0 Å². The molecule has 0 rings (SSSR count). The summed E-state index contributed by atoms with van der Waals surface area (Å²) in [5.74, 6) is -0.655. The van der Waals surface area contributed by atoms with E-state index in [1.165, 1.54) is 120 Å². The first-order chi connectivity index (χ1) is 15.9. The summed E-state index contributed by atoms with van der Waals surface area (Å²) in [5.41, 5.74) is 4.52. The molecule has 0 aromatic carbocycles. The van der Waals surface area contributed by atoms with Gasteiger partial charge in [-0.2, -0.15) is 0 Å². The predicted octanol–water partition coefficient (Wildman–Crippen LogP) is 10.7. The van der Waals surface area contributed by atoms with Crippen molar-refractivity contribution in [1.29, 1.82) is 0 Å². The number of allylic oxidation sites excluding steroid dienone is 6. The summed E-state index contributed by atoms with van der Waals surface area (Å²) in [6.07, 6.45) is 31.8. The van der Waals surface area contributed by atoms with Crippen molar-refractivity contribution >= 4 is 5.97 Å². The summed E-state index contributed by atoms with van der Waals surface area (Å²) in [6.45, 7) is 8.92. The predicted molar refractivity (Wildman–Crippen MR) is 147 cm³/mol. The zero-order valence-corrected chi connectivity index (χ0v) is 22.7. The van der Waals surface area contributed by atoms with Gasteiger partial charge in [0.1, 0.15) is 0 Å². The molecule has 0 unspecified atom stereocenters. The first kappa shape index (κ1) is 31.7. The van der Waals surface area contributed by atoms with E-state index in [1.807, 2.05) is 0 Å². The largest absolute Gasteiger partial charge is 0.481 e. The summed E-state index contributed by atoms with van der Waals surface area (Å²) in [4.78, 5) is 10.5. The maximum Gasteiger partial charge on any atom is 0.303 e. The lowest BCUT2D eigenvalue weighted by Crippen LogP contribution is -1.93. The Morgan fingerprint density at radius 1 is 0.485 bits per heavy atom. The summed E-state index contributed by atoms with van der Waals surface area (Å²) < 4.78 is 0. The number of unbranched alkanes of at least 4 members (excludes halogenated alkanes) is 14. The SMILES string of the molecule is CC(C)=CCCC(C)=CCCC(C)=CCCCCCCCCCCCCCCCCC(=O)O. The zero-order valence-electron chi connectivity index (χ0n) is 22.7. The third kappa shape index (κ3) is 26.8. The van der Waals surface area contributed by atoms with Crippen molar-refractivity contribution < 1.29 is 9.90 Å². The van der Waals surface area contributed by atoms with Crippen molar-refractivity contribution in [1.82, 2.24) is 0 Å². The van der Waals surface area contributed by atoms with Gasteiger partial charge in [0.15, 0.2) is 0 Å². The van der Waals surface area contributed by atoms with Crippen molar-refractivity contribution in [2.45, 2.75) is 156 Å². The van der Waals surface area contributed by atoms with E-state index in [0.29, 0.717) is 6.42 Å². The fourth-order valence-corrected chi connectivity index (χ4v) is 4.23. The van der Waals surface area contributed by atoms with Gasteiger partial charge in [-0.1, -0.05) is 112 Å². The number of rotatable bonds is 23. The Labute approximate surface area is 207 Å². The van der Waals surface area contributed by atoms with Gasteiger partial charge in [0.05, 0.1) is 0 Å². The molecule has 0 aromatic heterocycles. The topological polar surface area (TPSA) is 37.3 Å². The number of carboxylic acid groups (broad SMARTS) is 1. The molecule has 0 aromatic rings. The average molecular weight is 461 g/mol. The minimum Gasteiger partial charge on any atom is -0.481 e. The summed E-state index contributed by atoms with van der Waals surface area (Å²) in [6, 6.07) is 0. The number of hydrogen-bond acceptors (Lipinski definition) is 1. The standard InChI is InChI=1S/C31H56O2/c1-28(2)22-20-24-30(4)26-21-25-29(3)23-18-16-14-12-10-8-6-5-7-9-11-13-15-17-19-27-31(32)33/h22-23,26H,5-21,24-25,27H2,1-4H3,(H,32,33). The molecule has 0 aliphatic rings. The van der Waals surface area contributed by atoms with E-state index in [2.05, 4.69) is 45.9 Å². The Hall–Kier alpha value is -1.31. The second kappa shape index (κ2) is 23.8.